The highest BCUT2D eigenvalue weighted by molar-refractivity contribution is 9.10. The number of aliphatic hydroxyl groups is 1. The fourth-order valence-corrected chi connectivity index (χ4v) is 8.65. The molecule has 26 nitrogen and oxygen atoms in total. The lowest BCUT2D eigenvalue weighted by Gasteiger charge is -2.17. The van der Waals surface area contributed by atoms with Gasteiger partial charge in [0.2, 0.25) is 0 Å². The number of halogens is 5. The van der Waals surface area contributed by atoms with Gasteiger partial charge in [0.25, 0.3) is 0 Å². The molecule has 7 heterocycles. The number of benzene rings is 4. The number of amides is 4. The van der Waals surface area contributed by atoms with Gasteiger partial charge in [-0.15, -0.1) is 0 Å². The number of nitro groups is 3. The number of carbonyl (C=O) groups excluding carboxylic acids is 2. The van der Waals surface area contributed by atoms with E-state index < -0.39 is 21.9 Å². The topological polar surface area (TPSA) is 396 Å². The molecule has 91 heavy (non-hydrogen) atoms. The zero-order valence-electron chi connectivity index (χ0n) is 48.7. The summed E-state index contributed by atoms with van der Waals surface area (Å²) in [6, 6.07) is 27.6. The third-order valence-corrected chi connectivity index (χ3v) is 13.5. The van der Waals surface area contributed by atoms with E-state index in [1.54, 1.807) is 28.0 Å². The van der Waals surface area contributed by atoms with E-state index in [9.17, 15) is 57.5 Å². The highest BCUT2D eigenvalue weighted by Gasteiger charge is 2.24. The number of urea groups is 2. The van der Waals surface area contributed by atoms with Gasteiger partial charge in [0.15, 0.2) is 0 Å². The summed E-state index contributed by atoms with van der Waals surface area (Å²) in [6.07, 6.45) is 11.5. The van der Waals surface area contributed by atoms with Gasteiger partial charge >= 0.3 is 36.2 Å². The van der Waals surface area contributed by atoms with Crippen molar-refractivity contribution >= 4 is 86.1 Å². The standard InChI is InChI=1S/C16H15FN4O3.C16H17FN4O.C11H8FN3O2.C6H6BFO2.C5H4BrN3O2.C4H9N.CH4O/c17-12-5-3-11(4-6-12)13-9-14(15(10-18-13)21(23)24)19-16(22)20-7-1-2-8-20;17-12-5-3-11(4-6-12)14-9-15(13(18)10-19-14)20-16(22)21-7-1-2-8-21;12-8-3-1-7(2-4-8)10-5-9(13)11(6-14-10)15(16)17;8-6-3-1-5(2-4-6)7(9)10;6-5-1-3(7)4(2-8-5)9(10)11;1-2-4-5-3-1;1-2/h3-6,9-10H,1-2,7-8H2,(H,18,19,22);3-6,9-10H,1-2,7-8,18H2,(H,19,20,22);1-6H,(H2,13,14);1-4,9-10H;1-2H,(H2,7,8);5H,1-4H2;2H,1H3. The summed E-state index contributed by atoms with van der Waals surface area (Å²) in [6.45, 7) is 5.30. The van der Waals surface area contributed by atoms with Crippen LogP contribution in [0.3, 0.4) is 0 Å². The number of carbonyl (C=O) groups is 2. The van der Waals surface area contributed by atoms with Crippen LogP contribution in [0.2, 0.25) is 0 Å². The first-order valence-corrected chi connectivity index (χ1v) is 28.4. The molecule has 3 aliphatic rings. The molecule has 0 bridgehead atoms. The van der Waals surface area contributed by atoms with Crippen LogP contribution in [0.1, 0.15) is 38.5 Å². The molecule has 32 heteroatoms. The minimum Gasteiger partial charge on any atom is -0.423 e. The van der Waals surface area contributed by atoms with Gasteiger partial charge in [0, 0.05) is 56.0 Å². The van der Waals surface area contributed by atoms with Crippen LogP contribution in [0.15, 0.2) is 151 Å². The Bertz CT molecular complexity index is 3690. The van der Waals surface area contributed by atoms with Crippen LogP contribution in [0.25, 0.3) is 33.8 Å². The molecule has 4 amide bonds. The molecule has 11 rings (SSSR count). The Morgan fingerprint density at radius 2 is 0.846 bits per heavy atom. The van der Waals surface area contributed by atoms with Gasteiger partial charge in [0.1, 0.15) is 63.5 Å². The second kappa shape index (κ2) is 36.3. The van der Waals surface area contributed by atoms with Crippen LogP contribution in [-0.4, -0.2) is 125 Å². The SMILES string of the molecule is C1CCNC1.CO.Nc1cc(-c2ccc(F)cc2)ncc1[N+](=O)[O-].Nc1cc(Br)ncc1[N+](=O)[O-].Nc1cnc(-c2ccc(F)cc2)cc1NC(=O)N1CCCC1.O=C(Nc1cc(-c2ccc(F)cc2)ncc1[N+](=O)[O-])N1CCCC1.OB(O)c1ccc(F)cc1. The monoisotopic (exact) mass is 1320 g/mol. The summed E-state index contributed by atoms with van der Waals surface area (Å²) in [5.41, 5.74) is 21.0. The first kappa shape index (κ1) is 71.5. The van der Waals surface area contributed by atoms with Crippen LogP contribution in [0.5, 0.6) is 0 Å². The average molecular weight is 1320 g/mol. The second-order valence-electron chi connectivity index (χ2n) is 19.4. The summed E-state index contributed by atoms with van der Waals surface area (Å²) in [5.74, 6) is -1.43. The van der Waals surface area contributed by atoms with Crippen LogP contribution < -0.4 is 38.6 Å². The molecule has 8 aromatic rings. The largest absolute Gasteiger partial charge is 0.488 e. The van der Waals surface area contributed by atoms with E-state index in [1.165, 1.54) is 135 Å². The number of pyridine rings is 4. The third-order valence-electron chi connectivity index (χ3n) is 13.0. The van der Waals surface area contributed by atoms with Crippen molar-refractivity contribution in [3.63, 3.8) is 0 Å². The van der Waals surface area contributed by atoms with E-state index in [0.717, 1.165) is 70.0 Å². The molecule has 0 aliphatic carbocycles. The van der Waals surface area contributed by atoms with E-state index in [1.807, 2.05) is 0 Å². The predicted molar refractivity (Wildman–Crippen MR) is 340 cm³/mol. The maximum atomic E-state index is 13.0. The highest BCUT2D eigenvalue weighted by atomic mass is 79.9. The van der Waals surface area contributed by atoms with E-state index in [2.05, 4.69) is 51.8 Å². The smallest absolute Gasteiger partial charge is 0.423 e. The number of hydrogen-bond donors (Lipinski definition) is 9. The van der Waals surface area contributed by atoms with Crippen molar-refractivity contribution in [2.24, 2.45) is 0 Å². The first-order chi connectivity index (χ1) is 43.6. The maximum absolute atomic E-state index is 13.0. The molecule has 0 radical (unpaired) electrons. The van der Waals surface area contributed by atoms with E-state index in [0.29, 0.717) is 62.7 Å². The van der Waals surface area contributed by atoms with Gasteiger partial charge in [0.05, 0.1) is 49.4 Å². The minimum atomic E-state index is -1.51. The van der Waals surface area contributed by atoms with Crippen molar-refractivity contribution in [3.8, 4) is 33.8 Å². The Morgan fingerprint density at radius 1 is 0.505 bits per heavy atom. The second-order valence-corrected chi connectivity index (χ2v) is 20.2. The Morgan fingerprint density at radius 3 is 1.21 bits per heavy atom. The number of nitrogens with one attached hydrogen (secondary N) is 3. The molecular weight excluding hydrogens is 1260 g/mol. The van der Waals surface area contributed by atoms with Crippen LogP contribution in [0, 0.1) is 53.6 Å². The molecule has 3 aliphatic heterocycles. The number of hydrogen-bond acceptors (Lipinski definition) is 19. The average Bonchev–Trinajstić information content (AvgIpc) is 2.65. The number of nitrogens with two attached hydrogens (primary N) is 3. The fourth-order valence-electron chi connectivity index (χ4n) is 8.30. The summed E-state index contributed by atoms with van der Waals surface area (Å²) >= 11 is 3.03. The summed E-state index contributed by atoms with van der Waals surface area (Å²) < 4.78 is 51.4. The van der Waals surface area contributed by atoms with Gasteiger partial charge in [-0.1, -0.05) is 12.1 Å². The van der Waals surface area contributed by atoms with Crippen molar-refractivity contribution in [2.45, 2.75) is 38.5 Å². The van der Waals surface area contributed by atoms with Gasteiger partial charge in [-0.05, 0) is 176 Å². The number of likely N-dealkylation sites (tertiary alicyclic amines) is 2. The fraction of sp³-hybridized carbons (Fsp3) is 0.220. The summed E-state index contributed by atoms with van der Waals surface area (Å²) in [5, 5.41) is 64.6. The third kappa shape index (κ3) is 23.0. The Kier molecular flexibility index (Phi) is 28.5. The van der Waals surface area contributed by atoms with Gasteiger partial charge in [-0.25, -0.2) is 42.1 Å². The summed E-state index contributed by atoms with van der Waals surface area (Å²) in [4.78, 5) is 73.7. The number of rotatable bonds is 9. The Hall–Kier alpha value is -10.3. The molecule has 3 saturated heterocycles. The van der Waals surface area contributed by atoms with Gasteiger partial charge < -0.3 is 58.1 Å². The lowest BCUT2D eigenvalue weighted by molar-refractivity contribution is -0.384. The number of nitrogens with zero attached hydrogens (tertiary/aromatic N) is 9. The summed E-state index contributed by atoms with van der Waals surface area (Å²) in [7, 11) is -0.513. The van der Waals surface area contributed by atoms with Crippen LogP contribution in [0.4, 0.5) is 72.6 Å². The molecule has 4 aromatic carbocycles. The number of anilines is 5. The van der Waals surface area contributed by atoms with Crippen LogP contribution >= 0.6 is 15.9 Å². The molecular formula is C59H63BBrF4N15O11. The number of aliphatic hydroxyl groups excluding tert-OH is 1. The molecule has 12 N–H and O–H groups in total. The number of nitrogen functional groups attached to an aromatic ring is 3. The zero-order chi connectivity index (χ0) is 66.6. The van der Waals surface area contributed by atoms with Crippen LogP contribution in [-0.2, 0) is 0 Å². The molecule has 0 unspecified atom stereocenters. The minimum absolute atomic E-state index is 0.0318. The lowest BCUT2D eigenvalue weighted by atomic mass is 9.80. The lowest BCUT2D eigenvalue weighted by Crippen LogP contribution is -2.32. The number of aromatic nitrogens is 4. The normalized spacial score (nSPS) is 12.5. The quantitative estimate of drug-likeness (QED) is 0.0213. The van der Waals surface area contributed by atoms with E-state index >= 15 is 0 Å². The van der Waals surface area contributed by atoms with Gasteiger partial charge in [-0.2, -0.15) is 0 Å². The molecule has 3 fully saturated rings. The Labute approximate surface area is 526 Å². The van der Waals surface area contributed by atoms with Crippen molar-refractivity contribution < 1.29 is 57.1 Å². The van der Waals surface area contributed by atoms with E-state index in [-0.39, 0.29) is 69.5 Å². The van der Waals surface area contributed by atoms with E-state index in [4.69, 9.17) is 32.4 Å². The Balaban J connectivity index is 0.000000207. The molecule has 4 aromatic heterocycles. The molecule has 0 atom stereocenters. The first-order valence-electron chi connectivity index (χ1n) is 27.6. The maximum Gasteiger partial charge on any atom is 0.488 e. The molecule has 0 spiro atoms. The molecule has 478 valence electrons. The predicted octanol–water partition coefficient (Wildman–Crippen LogP) is 9.72. The molecule has 0 saturated carbocycles. The van der Waals surface area contributed by atoms with Crippen molar-refractivity contribution in [1.82, 2.24) is 35.1 Å². The highest BCUT2D eigenvalue weighted by Crippen LogP contribution is 2.31. The van der Waals surface area contributed by atoms with Crippen molar-refractivity contribution in [1.29, 1.82) is 0 Å². The zero-order valence-corrected chi connectivity index (χ0v) is 50.3. The van der Waals surface area contributed by atoms with Crippen molar-refractivity contribution in [2.75, 3.05) is 74.2 Å². The van der Waals surface area contributed by atoms with Crippen molar-refractivity contribution in [3.05, 3.63) is 204 Å². The van der Waals surface area contributed by atoms with Gasteiger partial charge in [-0.3, -0.25) is 35.3 Å².